The van der Waals surface area contributed by atoms with Crippen LogP contribution in [0, 0.1) is 50.7 Å². The van der Waals surface area contributed by atoms with Gasteiger partial charge in [0.2, 0.25) is 0 Å². The van der Waals surface area contributed by atoms with E-state index in [0.717, 1.165) is 24.7 Å². The zero-order chi connectivity index (χ0) is 23.8. The Balaban J connectivity index is 1.37. The van der Waals surface area contributed by atoms with Crippen molar-refractivity contribution in [3.63, 3.8) is 0 Å². The van der Waals surface area contributed by atoms with E-state index in [0.29, 0.717) is 39.6 Å². The van der Waals surface area contributed by atoms with Gasteiger partial charge in [-0.1, -0.05) is 41.0 Å². The number of fused-ring (bicyclic) bond motifs is 4. The molecule has 0 amide bonds. The zero-order valence-electron chi connectivity index (χ0n) is 22.4. The third-order valence-electron chi connectivity index (χ3n) is 14.0. The van der Waals surface area contributed by atoms with Gasteiger partial charge in [-0.05, 0) is 122 Å². The smallest absolute Gasteiger partial charge is 0.0860 e. The summed E-state index contributed by atoms with van der Waals surface area (Å²) in [6.45, 7) is 16.5. The first kappa shape index (κ1) is 23.3. The highest BCUT2D eigenvalue weighted by atomic mass is 16.5. The Hall–Kier alpha value is -0.120. The topological polar surface area (TPSA) is 49.7 Å². The maximum Gasteiger partial charge on any atom is 0.0860 e. The van der Waals surface area contributed by atoms with Gasteiger partial charge in [-0.25, -0.2) is 0 Å². The van der Waals surface area contributed by atoms with Crippen LogP contribution in [0.3, 0.4) is 0 Å². The van der Waals surface area contributed by atoms with Crippen LogP contribution >= 0.6 is 0 Å². The maximum atomic E-state index is 11.0. The molecule has 5 aliphatic carbocycles. The summed E-state index contributed by atoms with van der Waals surface area (Å²) in [4.78, 5) is 0. The highest BCUT2D eigenvalue weighted by molar-refractivity contribution is 5.34. The lowest BCUT2D eigenvalue weighted by molar-refractivity contribution is -0.159. The second-order valence-corrected chi connectivity index (χ2v) is 15.3. The molecule has 0 aromatic carbocycles. The van der Waals surface area contributed by atoms with Crippen LogP contribution in [0.4, 0.5) is 0 Å². The highest BCUT2D eigenvalue weighted by Gasteiger charge is 2.86. The van der Waals surface area contributed by atoms with E-state index in [1.165, 1.54) is 51.4 Å². The molecular formula is C30H50O3. The van der Waals surface area contributed by atoms with Crippen molar-refractivity contribution < 1.29 is 14.9 Å². The predicted octanol–water partition coefficient (Wildman–Crippen LogP) is 6.35. The molecule has 2 spiro atoms. The standard InChI is InChI=1S/C30H50O3/c1-18-29-14-13-23(31)25(2,3)21(29)11-12-22-28(7)17-20-19(27(28,6)15-16-30(18,22)29)9-8-10-24(33-20)26(4,5)32/h18-24,31-32H,8-17H2,1-7H3/t18-,19?,20?,21?,22?,23?,24-,27-,28+,29?,30+/m1/s1. The first-order valence-corrected chi connectivity index (χ1v) is 14.3. The summed E-state index contributed by atoms with van der Waals surface area (Å²) in [5.74, 6) is 2.90. The van der Waals surface area contributed by atoms with Crippen LogP contribution in [0.15, 0.2) is 0 Å². The van der Waals surface area contributed by atoms with E-state index in [1.807, 2.05) is 13.8 Å². The number of ether oxygens (including phenoxy) is 1. The van der Waals surface area contributed by atoms with E-state index < -0.39 is 5.60 Å². The van der Waals surface area contributed by atoms with Gasteiger partial charge in [0, 0.05) is 0 Å². The van der Waals surface area contributed by atoms with Crippen LogP contribution in [0.1, 0.15) is 113 Å². The predicted molar refractivity (Wildman–Crippen MR) is 132 cm³/mol. The lowest BCUT2D eigenvalue weighted by atomic mass is 9.42. The molecule has 5 saturated carbocycles. The number of rotatable bonds is 1. The molecule has 6 aliphatic rings. The van der Waals surface area contributed by atoms with Gasteiger partial charge in [0.05, 0.1) is 23.9 Å². The summed E-state index contributed by atoms with van der Waals surface area (Å²) in [6, 6.07) is 0. The molecule has 188 valence electrons. The van der Waals surface area contributed by atoms with Crippen molar-refractivity contribution in [1.82, 2.24) is 0 Å². The van der Waals surface area contributed by atoms with Crippen molar-refractivity contribution in [2.45, 2.75) is 137 Å². The maximum absolute atomic E-state index is 11.0. The average molecular weight is 459 g/mol. The molecule has 3 heteroatoms. The molecule has 0 radical (unpaired) electrons. The lowest BCUT2D eigenvalue weighted by Crippen LogP contribution is -2.57. The fourth-order valence-electron chi connectivity index (χ4n) is 12.2. The van der Waals surface area contributed by atoms with Gasteiger partial charge in [-0.2, -0.15) is 0 Å². The van der Waals surface area contributed by atoms with Crippen LogP contribution < -0.4 is 0 Å². The Morgan fingerprint density at radius 1 is 0.818 bits per heavy atom. The van der Waals surface area contributed by atoms with Gasteiger partial charge in [0.15, 0.2) is 0 Å². The van der Waals surface area contributed by atoms with E-state index in [2.05, 4.69) is 34.6 Å². The molecule has 0 aromatic heterocycles. The van der Waals surface area contributed by atoms with Crippen LogP contribution in [0.5, 0.6) is 0 Å². The van der Waals surface area contributed by atoms with E-state index in [4.69, 9.17) is 4.74 Å². The van der Waals surface area contributed by atoms with Crippen LogP contribution in [0.2, 0.25) is 0 Å². The first-order valence-electron chi connectivity index (χ1n) is 14.3. The molecule has 0 bridgehead atoms. The summed E-state index contributed by atoms with van der Waals surface area (Å²) in [7, 11) is 0. The fraction of sp³-hybridized carbons (Fsp3) is 1.00. The molecular weight excluding hydrogens is 408 g/mol. The molecule has 6 unspecified atom stereocenters. The minimum absolute atomic E-state index is 0.0311. The Labute approximate surface area is 202 Å². The second kappa shape index (κ2) is 6.60. The van der Waals surface area contributed by atoms with Gasteiger partial charge in [-0.15, -0.1) is 0 Å². The van der Waals surface area contributed by atoms with Crippen molar-refractivity contribution >= 4 is 0 Å². The van der Waals surface area contributed by atoms with Gasteiger partial charge in [0.1, 0.15) is 0 Å². The number of hydrogen-bond donors (Lipinski definition) is 2. The largest absolute Gasteiger partial charge is 0.393 e. The highest BCUT2D eigenvalue weighted by Crippen LogP contribution is 2.91. The monoisotopic (exact) mass is 458 g/mol. The zero-order valence-corrected chi connectivity index (χ0v) is 22.4. The minimum atomic E-state index is -0.757. The van der Waals surface area contributed by atoms with E-state index >= 15 is 0 Å². The fourth-order valence-corrected chi connectivity index (χ4v) is 12.2. The molecule has 3 nitrogen and oxygen atoms in total. The SMILES string of the molecule is C[C@@H]1C23CCC(O)C(C)(C)C2CCC2[C@]4(C)CC5O[C@@H](C(C)(C)O)CCCC5[C@@]4(C)CC[C@@]213. The minimum Gasteiger partial charge on any atom is -0.393 e. The van der Waals surface area contributed by atoms with Gasteiger partial charge in [0.25, 0.3) is 0 Å². The Bertz CT molecular complexity index is 829. The van der Waals surface area contributed by atoms with E-state index in [9.17, 15) is 10.2 Å². The van der Waals surface area contributed by atoms with Crippen LogP contribution in [0.25, 0.3) is 0 Å². The summed E-state index contributed by atoms with van der Waals surface area (Å²) >= 11 is 0. The van der Waals surface area contributed by atoms with Crippen LogP contribution in [-0.2, 0) is 4.74 Å². The summed E-state index contributed by atoms with van der Waals surface area (Å²) < 4.78 is 6.84. The number of aliphatic hydroxyl groups is 2. The number of hydrogen-bond acceptors (Lipinski definition) is 3. The summed E-state index contributed by atoms with van der Waals surface area (Å²) in [6.07, 6.45) is 12.4. The van der Waals surface area contributed by atoms with Crippen molar-refractivity contribution in [3.8, 4) is 0 Å². The number of aliphatic hydroxyl groups excluding tert-OH is 1. The van der Waals surface area contributed by atoms with Crippen molar-refractivity contribution in [2.75, 3.05) is 0 Å². The summed E-state index contributed by atoms with van der Waals surface area (Å²) in [5, 5.41) is 21.7. The molecule has 0 aromatic rings. The van der Waals surface area contributed by atoms with Crippen LogP contribution in [-0.4, -0.2) is 34.1 Å². The Morgan fingerprint density at radius 2 is 1.48 bits per heavy atom. The van der Waals surface area contributed by atoms with Gasteiger partial charge < -0.3 is 14.9 Å². The molecule has 1 heterocycles. The molecule has 2 N–H and O–H groups in total. The lowest BCUT2D eigenvalue weighted by Gasteiger charge is -2.63. The first-order chi connectivity index (χ1) is 15.3. The molecule has 11 atom stereocenters. The molecule has 6 fully saturated rings. The second-order valence-electron chi connectivity index (χ2n) is 15.3. The van der Waals surface area contributed by atoms with Crippen molar-refractivity contribution in [1.29, 1.82) is 0 Å². The van der Waals surface area contributed by atoms with Crippen molar-refractivity contribution in [3.05, 3.63) is 0 Å². The third kappa shape index (κ3) is 2.49. The quantitative estimate of drug-likeness (QED) is 0.481. The molecule has 33 heavy (non-hydrogen) atoms. The van der Waals surface area contributed by atoms with E-state index in [1.54, 1.807) is 0 Å². The Kier molecular flexibility index (Phi) is 4.66. The van der Waals surface area contributed by atoms with Gasteiger partial charge >= 0.3 is 0 Å². The molecule has 6 rings (SSSR count). The molecule has 1 saturated heterocycles. The average Bonchev–Trinajstić information content (AvgIpc) is 3.26. The summed E-state index contributed by atoms with van der Waals surface area (Å²) in [5.41, 5.74) is 0.915. The van der Waals surface area contributed by atoms with Gasteiger partial charge in [-0.3, -0.25) is 0 Å². The van der Waals surface area contributed by atoms with E-state index in [-0.39, 0.29) is 17.6 Å². The van der Waals surface area contributed by atoms with Crippen molar-refractivity contribution in [2.24, 2.45) is 50.7 Å². The normalized spacial score (nSPS) is 59.4. The molecule has 1 aliphatic heterocycles. The Morgan fingerprint density at radius 3 is 2.18 bits per heavy atom. The third-order valence-corrected chi connectivity index (χ3v) is 14.0.